The second-order valence-corrected chi connectivity index (χ2v) is 7.39. The van der Waals surface area contributed by atoms with Crippen LogP contribution >= 0.6 is 23.1 Å². The summed E-state index contributed by atoms with van der Waals surface area (Å²) in [6, 6.07) is 6.62. The molecule has 0 unspecified atom stereocenters. The Balaban J connectivity index is 1.36. The van der Waals surface area contributed by atoms with E-state index in [2.05, 4.69) is 4.98 Å². The van der Waals surface area contributed by atoms with Crippen LogP contribution in [0.3, 0.4) is 0 Å². The molecule has 9 heteroatoms. The number of thioether (sulfide) groups is 1. The van der Waals surface area contributed by atoms with Gasteiger partial charge in [-0.1, -0.05) is 23.1 Å². The highest BCUT2D eigenvalue weighted by Gasteiger charge is 2.43. The number of carbonyl (C=O) groups is 3. The molecule has 0 aliphatic carbocycles. The predicted octanol–water partition coefficient (Wildman–Crippen LogP) is 2.46. The van der Waals surface area contributed by atoms with Crippen LogP contribution in [0.15, 0.2) is 35.8 Å². The molecule has 0 saturated carbocycles. The van der Waals surface area contributed by atoms with E-state index < -0.39 is 0 Å². The van der Waals surface area contributed by atoms with Crippen LogP contribution < -0.4 is 4.74 Å². The average molecular weight is 375 g/mol. The van der Waals surface area contributed by atoms with Gasteiger partial charge < -0.3 is 9.64 Å². The van der Waals surface area contributed by atoms with Crippen molar-refractivity contribution in [3.8, 4) is 10.9 Å². The van der Waals surface area contributed by atoms with Gasteiger partial charge in [-0.15, -0.1) is 0 Å². The molecule has 0 atom stereocenters. The highest BCUT2D eigenvalue weighted by atomic mass is 32.2. The van der Waals surface area contributed by atoms with E-state index in [-0.39, 0.29) is 28.8 Å². The van der Waals surface area contributed by atoms with Crippen molar-refractivity contribution in [2.75, 3.05) is 18.8 Å². The molecule has 7 nitrogen and oxygen atoms in total. The highest BCUT2D eigenvalue weighted by Crippen LogP contribution is 2.28. The molecule has 3 heterocycles. The molecule has 1 aromatic heterocycles. The van der Waals surface area contributed by atoms with E-state index in [0.29, 0.717) is 29.6 Å². The summed E-state index contributed by atoms with van der Waals surface area (Å²) in [5.41, 5.74) is 0.540. The Morgan fingerprint density at radius 3 is 2.56 bits per heavy atom. The van der Waals surface area contributed by atoms with Crippen LogP contribution in [0.25, 0.3) is 0 Å². The van der Waals surface area contributed by atoms with Gasteiger partial charge in [0.15, 0.2) is 0 Å². The van der Waals surface area contributed by atoms with E-state index in [4.69, 9.17) is 4.74 Å². The number of ether oxygens (including phenoxy) is 1. The molecule has 2 aliphatic heterocycles. The summed E-state index contributed by atoms with van der Waals surface area (Å²) in [6.45, 7) is 0.766. The first-order valence-electron chi connectivity index (χ1n) is 7.57. The normalized spacial score (nSPS) is 17.8. The Morgan fingerprint density at radius 2 is 1.96 bits per heavy atom. The summed E-state index contributed by atoms with van der Waals surface area (Å²) < 4.78 is 5.56. The third-order valence-electron chi connectivity index (χ3n) is 4.02. The number of thiazole rings is 1. The molecule has 4 rings (SSSR count). The van der Waals surface area contributed by atoms with Crippen LogP contribution in [0.4, 0.5) is 4.79 Å². The van der Waals surface area contributed by atoms with Crippen molar-refractivity contribution < 1.29 is 19.1 Å². The Bertz CT molecular complexity index is 800. The number of imide groups is 1. The number of likely N-dealkylation sites (tertiary alicyclic amines) is 1. The Labute approximate surface area is 151 Å². The molecule has 2 aliphatic rings. The number of hydrogen-bond donors (Lipinski definition) is 0. The van der Waals surface area contributed by atoms with Crippen LogP contribution in [-0.2, 0) is 4.79 Å². The van der Waals surface area contributed by atoms with Crippen LogP contribution in [0.2, 0.25) is 0 Å². The van der Waals surface area contributed by atoms with Crippen molar-refractivity contribution in [3.05, 3.63) is 41.4 Å². The van der Waals surface area contributed by atoms with Gasteiger partial charge in [0.1, 0.15) is 5.75 Å². The maximum Gasteiger partial charge on any atom is 0.289 e. The van der Waals surface area contributed by atoms with Gasteiger partial charge in [-0.3, -0.25) is 19.3 Å². The smallest absolute Gasteiger partial charge is 0.289 e. The Morgan fingerprint density at radius 1 is 1.20 bits per heavy atom. The molecule has 1 aromatic carbocycles. The number of carbonyl (C=O) groups excluding carboxylic acids is 3. The SMILES string of the molecule is O=C(c1ccc(Oc2nccs2)cc1)N1CC(N2C(=O)CSC2=O)C1. The molecule has 0 N–H and O–H groups in total. The molecule has 0 radical (unpaired) electrons. The number of nitrogens with zero attached hydrogens (tertiary/aromatic N) is 3. The van der Waals surface area contributed by atoms with E-state index >= 15 is 0 Å². The molecule has 0 spiro atoms. The zero-order chi connectivity index (χ0) is 17.4. The standard InChI is InChI=1S/C16H13N3O4S2/c20-13-9-25-16(22)19(13)11-7-18(8-11)14(21)10-1-3-12(4-2-10)23-15-17-5-6-24-15/h1-6,11H,7-9H2. The molecular formula is C16H13N3O4S2. The van der Waals surface area contributed by atoms with Crippen molar-refractivity contribution in [2.24, 2.45) is 0 Å². The second kappa shape index (κ2) is 6.49. The minimum absolute atomic E-state index is 0.121. The van der Waals surface area contributed by atoms with Crippen LogP contribution in [0, 0.1) is 0 Å². The number of hydrogen-bond acceptors (Lipinski definition) is 7. The lowest BCUT2D eigenvalue weighted by Crippen LogP contribution is -2.62. The summed E-state index contributed by atoms with van der Waals surface area (Å²) in [4.78, 5) is 42.8. The number of benzene rings is 1. The fourth-order valence-corrected chi connectivity index (χ4v) is 3.99. The maximum atomic E-state index is 12.5. The zero-order valence-corrected chi connectivity index (χ0v) is 14.6. The van der Waals surface area contributed by atoms with E-state index in [9.17, 15) is 14.4 Å². The fourth-order valence-electron chi connectivity index (χ4n) is 2.71. The van der Waals surface area contributed by atoms with Gasteiger partial charge in [-0.05, 0) is 24.3 Å². The Hall–Kier alpha value is -2.39. The van der Waals surface area contributed by atoms with Gasteiger partial charge in [0.05, 0.1) is 11.8 Å². The summed E-state index contributed by atoms with van der Waals surface area (Å²) in [7, 11) is 0. The highest BCUT2D eigenvalue weighted by molar-refractivity contribution is 8.14. The van der Waals surface area contributed by atoms with Gasteiger partial charge in [0, 0.05) is 30.2 Å². The van der Waals surface area contributed by atoms with Gasteiger partial charge in [-0.2, -0.15) is 0 Å². The van der Waals surface area contributed by atoms with E-state index in [1.54, 1.807) is 35.4 Å². The van der Waals surface area contributed by atoms with Gasteiger partial charge in [0.25, 0.3) is 16.3 Å². The third kappa shape index (κ3) is 3.12. The van der Waals surface area contributed by atoms with E-state index in [0.717, 1.165) is 11.8 Å². The molecule has 25 heavy (non-hydrogen) atoms. The van der Waals surface area contributed by atoms with Crippen molar-refractivity contribution in [1.29, 1.82) is 0 Å². The first-order valence-corrected chi connectivity index (χ1v) is 9.44. The van der Waals surface area contributed by atoms with E-state index in [1.807, 2.05) is 5.38 Å². The first kappa shape index (κ1) is 16.1. The Kier molecular flexibility index (Phi) is 4.18. The quantitative estimate of drug-likeness (QED) is 0.817. The molecule has 2 saturated heterocycles. The van der Waals surface area contributed by atoms with Crippen molar-refractivity contribution in [2.45, 2.75) is 6.04 Å². The van der Waals surface area contributed by atoms with Gasteiger partial charge >= 0.3 is 0 Å². The minimum atomic E-state index is -0.217. The topological polar surface area (TPSA) is 79.8 Å². The largest absolute Gasteiger partial charge is 0.431 e. The summed E-state index contributed by atoms with van der Waals surface area (Å²) in [6.07, 6.45) is 1.66. The first-order chi connectivity index (χ1) is 12.1. The van der Waals surface area contributed by atoms with Gasteiger partial charge in [0.2, 0.25) is 5.91 Å². The molecular weight excluding hydrogens is 362 g/mol. The lowest BCUT2D eigenvalue weighted by Gasteiger charge is -2.42. The summed E-state index contributed by atoms with van der Waals surface area (Å²) >= 11 is 2.40. The van der Waals surface area contributed by atoms with Crippen LogP contribution in [-0.4, -0.2) is 56.7 Å². The minimum Gasteiger partial charge on any atom is -0.431 e. The molecule has 0 bridgehead atoms. The number of rotatable bonds is 4. The molecule has 128 valence electrons. The van der Waals surface area contributed by atoms with Gasteiger partial charge in [-0.25, -0.2) is 4.98 Å². The lowest BCUT2D eigenvalue weighted by molar-refractivity contribution is -0.128. The molecule has 2 fully saturated rings. The zero-order valence-electron chi connectivity index (χ0n) is 13.0. The monoisotopic (exact) mass is 375 g/mol. The second-order valence-electron chi connectivity index (χ2n) is 5.61. The number of aromatic nitrogens is 1. The average Bonchev–Trinajstić information content (AvgIpc) is 3.19. The molecule has 2 aromatic rings. The fraction of sp³-hybridized carbons (Fsp3) is 0.250. The third-order valence-corrected chi connectivity index (χ3v) is 5.50. The van der Waals surface area contributed by atoms with Crippen molar-refractivity contribution in [1.82, 2.24) is 14.8 Å². The van der Waals surface area contributed by atoms with E-state index in [1.165, 1.54) is 16.2 Å². The molecule has 3 amide bonds. The lowest BCUT2D eigenvalue weighted by atomic mass is 10.1. The summed E-state index contributed by atoms with van der Waals surface area (Å²) in [5, 5.41) is 2.15. The predicted molar refractivity (Wildman–Crippen MR) is 93.0 cm³/mol. The maximum absolute atomic E-state index is 12.5. The summed E-state index contributed by atoms with van der Waals surface area (Å²) in [5.74, 6) is 0.516. The van der Waals surface area contributed by atoms with Crippen LogP contribution in [0.5, 0.6) is 10.9 Å². The number of amides is 3. The van der Waals surface area contributed by atoms with Crippen molar-refractivity contribution in [3.63, 3.8) is 0 Å². The van der Waals surface area contributed by atoms with Crippen LogP contribution in [0.1, 0.15) is 10.4 Å². The van der Waals surface area contributed by atoms with Crippen molar-refractivity contribution >= 4 is 40.2 Å².